The number of carbonyl (C=O) groups is 1. The number of hydrogen-bond donors (Lipinski definition) is 0. The fourth-order valence-corrected chi connectivity index (χ4v) is 4.29. The van der Waals surface area contributed by atoms with Gasteiger partial charge >= 0.3 is 0 Å². The van der Waals surface area contributed by atoms with Gasteiger partial charge in [0.2, 0.25) is 10.0 Å². The molecule has 1 aromatic rings. The summed E-state index contributed by atoms with van der Waals surface area (Å²) in [5, 5.41) is 0. The second kappa shape index (κ2) is 5.54. The van der Waals surface area contributed by atoms with E-state index in [1.54, 1.807) is 13.0 Å². The molecular weight excluding hydrogens is 278 g/mol. The average Bonchev–Trinajstić information content (AvgIpc) is 2.37. The van der Waals surface area contributed by atoms with E-state index in [2.05, 4.69) is 0 Å². The summed E-state index contributed by atoms with van der Waals surface area (Å²) < 4.78 is 32.1. The van der Waals surface area contributed by atoms with Crippen LogP contribution in [0.4, 0.5) is 0 Å². The summed E-state index contributed by atoms with van der Waals surface area (Å²) in [6, 6.07) is 3.54. The van der Waals surface area contributed by atoms with E-state index in [1.165, 1.54) is 11.4 Å². The number of carbonyl (C=O) groups excluding carboxylic acids is 1. The van der Waals surface area contributed by atoms with Crippen molar-refractivity contribution in [2.45, 2.75) is 31.6 Å². The lowest BCUT2D eigenvalue weighted by molar-refractivity contribution is -0.120. The quantitative estimate of drug-likeness (QED) is 0.851. The number of ketones is 1. The molecule has 0 saturated carbocycles. The largest absolute Gasteiger partial charge is 0.495 e. The Morgan fingerprint density at radius 3 is 2.30 bits per heavy atom. The fourth-order valence-electron chi connectivity index (χ4n) is 2.50. The lowest BCUT2D eigenvalue weighted by Crippen LogP contribution is -2.39. The lowest BCUT2D eigenvalue weighted by Gasteiger charge is -2.26. The monoisotopic (exact) mass is 297 g/mol. The Bertz CT molecular complexity index is 627. The van der Waals surface area contributed by atoms with E-state index in [1.807, 2.05) is 13.0 Å². The Balaban J connectivity index is 2.46. The second-order valence-corrected chi connectivity index (χ2v) is 6.93. The molecule has 1 saturated heterocycles. The molecule has 0 aromatic heterocycles. The minimum Gasteiger partial charge on any atom is -0.495 e. The molecule has 0 bridgehead atoms. The van der Waals surface area contributed by atoms with E-state index < -0.39 is 10.0 Å². The van der Waals surface area contributed by atoms with Crippen LogP contribution in [-0.4, -0.2) is 38.7 Å². The summed E-state index contributed by atoms with van der Waals surface area (Å²) in [4.78, 5) is 11.5. The van der Waals surface area contributed by atoms with Gasteiger partial charge in [-0.3, -0.25) is 4.79 Å². The molecule has 0 atom stereocenters. The van der Waals surface area contributed by atoms with Crippen LogP contribution in [0.3, 0.4) is 0 Å². The highest BCUT2D eigenvalue weighted by Gasteiger charge is 2.32. The minimum absolute atomic E-state index is 0.115. The summed E-state index contributed by atoms with van der Waals surface area (Å²) >= 11 is 0. The number of aryl methyl sites for hydroxylation is 2. The topological polar surface area (TPSA) is 63.7 Å². The molecule has 0 radical (unpaired) electrons. The van der Waals surface area contributed by atoms with Gasteiger partial charge in [0.15, 0.2) is 0 Å². The molecule has 1 aromatic carbocycles. The van der Waals surface area contributed by atoms with Gasteiger partial charge in [0, 0.05) is 25.9 Å². The molecule has 1 aliphatic rings. The van der Waals surface area contributed by atoms with Gasteiger partial charge < -0.3 is 4.74 Å². The van der Waals surface area contributed by atoms with Gasteiger partial charge in [0.1, 0.15) is 16.4 Å². The number of rotatable bonds is 3. The second-order valence-electron chi connectivity index (χ2n) is 5.06. The molecule has 0 N–H and O–H groups in total. The van der Waals surface area contributed by atoms with Crippen molar-refractivity contribution in [3.8, 4) is 5.75 Å². The predicted octanol–water partition coefficient (Wildman–Crippen LogP) is 1.67. The van der Waals surface area contributed by atoms with Crippen LogP contribution in [0.1, 0.15) is 24.0 Å². The molecule has 0 spiro atoms. The number of sulfonamides is 1. The van der Waals surface area contributed by atoms with Crippen LogP contribution in [0.25, 0.3) is 0 Å². The van der Waals surface area contributed by atoms with Gasteiger partial charge in [-0.2, -0.15) is 4.31 Å². The van der Waals surface area contributed by atoms with Crippen molar-refractivity contribution in [1.29, 1.82) is 0 Å². The van der Waals surface area contributed by atoms with E-state index in [-0.39, 0.29) is 36.6 Å². The molecule has 5 nitrogen and oxygen atoms in total. The van der Waals surface area contributed by atoms with Crippen LogP contribution in [-0.2, 0) is 14.8 Å². The van der Waals surface area contributed by atoms with E-state index in [0.717, 1.165) is 5.56 Å². The van der Waals surface area contributed by atoms with Crippen molar-refractivity contribution in [2.24, 2.45) is 0 Å². The van der Waals surface area contributed by atoms with Crippen LogP contribution in [0.5, 0.6) is 5.75 Å². The van der Waals surface area contributed by atoms with Crippen molar-refractivity contribution < 1.29 is 17.9 Å². The zero-order chi connectivity index (χ0) is 14.9. The Morgan fingerprint density at radius 2 is 1.75 bits per heavy atom. The maximum absolute atomic E-state index is 12.7. The van der Waals surface area contributed by atoms with Crippen LogP contribution in [0.2, 0.25) is 0 Å². The standard InChI is InChI=1S/C14H19NO4S/c1-10-8-11(2)14(13(9-10)19-3)20(17,18)15-6-4-12(16)5-7-15/h8-9H,4-7H2,1-3H3. The Hall–Kier alpha value is -1.40. The first-order valence-electron chi connectivity index (χ1n) is 6.53. The first kappa shape index (κ1) is 15.0. The molecule has 1 fully saturated rings. The minimum atomic E-state index is -3.62. The van der Waals surface area contributed by atoms with Crippen molar-refractivity contribution in [3.05, 3.63) is 23.3 Å². The number of hydrogen-bond acceptors (Lipinski definition) is 4. The molecule has 20 heavy (non-hydrogen) atoms. The number of ether oxygens (including phenoxy) is 1. The van der Waals surface area contributed by atoms with E-state index in [9.17, 15) is 13.2 Å². The molecule has 6 heteroatoms. The highest BCUT2D eigenvalue weighted by atomic mass is 32.2. The van der Waals surface area contributed by atoms with E-state index >= 15 is 0 Å². The first-order valence-corrected chi connectivity index (χ1v) is 7.97. The fraction of sp³-hybridized carbons (Fsp3) is 0.500. The summed E-state index contributed by atoms with van der Waals surface area (Å²) in [6.45, 7) is 4.15. The third-order valence-electron chi connectivity index (χ3n) is 3.48. The van der Waals surface area contributed by atoms with Crippen molar-refractivity contribution in [2.75, 3.05) is 20.2 Å². The van der Waals surface area contributed by atoms with Crippen molar-refractivity contribution >= 4 is 15.8 Å². The summed E-state index contributed by atoms with van der Waals surface area (Å²) in [5.41, 5.74) is 1.62. The first-order chi connectivity index (χ1) is 9.36. The molecule has 0 amide bonds. The zero-order valence-electron chi connectivity index (χ0n) is 12.0. The van der Waals surface area contributed by atoms with Gasteiger partial charge in [-0.05, 0) is 31.0 Å². The van der Waals surface area contributed by atoms with Crippen LogP contribution in [0.15, 0.2) is 17.0 Å². The number of piperidine rings is 1. The van der Waals surface area contributed by atoms with Crippen molar-refractivity contribution in [1.82, 2.24) is 4.31 Å². The van der Waals surface area contributed by atoms with Gasteiger partial charge in [-0.15, -0.1) is 0 Å². The Morgan fingerprint density at radius 1 is 1.15 bits per heavy atom. The number of Topliss-reactive ketones (excluding diaryl/α,β-unsaturated/α-hetero) is 1. The molecular formula is C14H19NO4S. The highest BCUT2D eigenvalue weighted by molar-refractivity contribution is 7.89. The van der Waals surface area contributed by atoms with E-state index in [0.29, 0.717) is 11.3 Å². The third kappa shape index (κ3) is 2.71. The highest BCUT2D eigenvalue weighted by Crippen LogP contribution is 2.32. The molecule has 2 rings (SSSR count). The maximum atomic E-state index is 12.7. The van der Waals surface area contributed by atoms with Gasteiger partial charge in [0.05, 0.1) is 7.11 Å². The Kier molecular flexibility index (Phi) is 4.15. The molecule has 1 heterocycles. The van der Waals surface area contributed by atoms with Crippen LogP contribution < -0.4 is 4.74 Å². The molecule has 1 aliphatic heterocycles. The number of nitrogens with zero attached hydrogens (tertiary/aromatic N) is 1. The zero-order valence-corrected chi connectivity index (χ0v) is 12.8. The van der Waals surface area contributed by atoms with E-state index in [4.69, 9.17) is 4.74 Å². The van der Waals surface area contributed by atoms with Gasteiger partial charge in [-0.1, -0.05) is 6.07 Å². The lowest BCUT2D eigenvalue weighted by atomic mass is 10.1. The molecule has 0 aliphatic carbocycles. The molecule has 0 unspecified atom stereocenters. The van der Waals surface area contributed by atoms with Gasteiger partial charge in [-0.25, -0.2) is 8.42 Å². The van der Waals surface area contributed by atoms with Crippen LogP contribution in [0, 0.1) is 13.8 Å². The smallest absolute Gasteiger partial charge is 0.247 e. The third-order valence-corrected chi connectivity index (χ3v) is 5.57. The SMILES string of the molecule is COc1cc(C)cc(C)c1S(=O)(=O)N1CCC(=O)CC1. The van der Waals surface area contributed by atoms with Crippen LogP contribution >= 0.6 is 0 Å². The maximum Gasteiger partial charge on any atom is 0.247 e. The predicted molar refractivity (Wildman–Crippen MR) is 75.5 cm³/mol. The summed E-state index contributed by atoms with van der Waals surface area (Å²) in [5.74, 6) is 0.475. The van der Waals surface area contributed by atoms with Gasteiger partial charge in [0.25, 0.3) is 0 Å². The summed E-state index contributed by atoms with van der Waals surface area (Å²) in [6.07, 6.45) is 0.568. The number of methoxy groups -OCH3 is 1. The average molecular weight is 297 g/mol. The summed E-state index contributed by atoms with van der Waals surface area (Å²) in [7, 11) is -2.15. The Labute approximate surface area is 119 Å². The van der Waals surface area contributed by atoms with Crippen molar-refractivity contribution in [3.63, 3.8) is 0 Å². The number of benzene rings is 1. The molecule has 110 valence electrons. The normalized spacial score (nSPS) is 17.2.